The van der Waals surface area contributed by atoms with Crippen molar-refractivity contribution in [3.05, 3.63) is 40.6 Å². The zero-order valence-electron chi connectivity index (χ0n) is 13.8. The zero-order valence-corrected chi connectivity index (χ0v) is 13.8. The monoisotopic (exact) mass is 315 g/mol. The molecule has 122 valence electrons. The van der Waals surface area contributed by atoms with E-state index in [-0.39, 0.29) is 22.9 Å². The zero-order chi connectivity index (χ0) is 17.1. The highest BCUT2D eigenvalue weighted by atomic mass is 16.3. The van der Waals surface area contributed by atoms with E-state index in [0.29, 0.717) is 5.84 Å². The minimum atomic E-state index is -0.566. The smallest absolute Gasteiger partial charge is 0.263 e. The summed E-state index contributed by atoms with van der Waals surface area (Å²) in [7, 11) is 1.72. The third-order valence-corrected chi connectivity index (χ3v) is 4.12. The number of hydrogen-bond acceptors (Lipinski definition) is 5. The first-order chi connectivity index (χ1) is 10.9. The number of hydrogen-bond donors (Lipinski definition) is 2. The van der Waals surface area contributed by atoms with Crippen molar-refractivity contribution in [2.75, 3.05) is 7.05 Å². The van der Waals surface area contributed by atoms with Gasteiger partial charge in [-0.2, -0.15) is 0 Å². The molecule has 1 aliphatic heterocycles. The van der Waals surface area contributed by atoms with Crippen LogP contribution < -0.4 is 5.32 Å². The number of nitrogens with one attached hydrogen (secondary N) is 1. The van der Waals surface area contributed by atoms with Gasteiger partial charge in [-0.25, -0.2) is 9.79 Å². The quantitative estimate of drug-likeness (QED) is 0.465. The Hall–Kier alpha value is -2.59. The Morgan fingerprint density at radius 2 is 2.22 bits per heavy atom. The Balaban J connectivity index is 2.45. The second-order valence-electron chi connectivity index (χ2n) is 5.68. The van der Waals surface area contributed by atoms with Gasteiger partial charge >= 0.3 is 0 Å². The van der Waals surface area contributed by atoms with Gasteiger partial charge in [0.1, 0.15) is 22.9 Å². The molecule has 0 aromatic carbocycles. The van der Waals surface area contributed by atoms with Crippen molar-refractivity contribution >= 4 is 17.7 Å². The van der Waals surface area contributed by atoms with Gasteiger partial charge in [0, 0.05) is 24.5 Å². The fourth-order valence-corrected chi connectivity index (χ4v) is 2.96. The summed E-state index contributed by atoms with van der Waals surface area (Å²) in [6.07, 6.45) is 4.92. The lowest BCUT2D eigenvalue weighted by atomic mass is 9.94. The lowest BCUT2D eigenvalue weighted by molar-refractivity contribution is -0.116. The molecule has 0 fully saturated rings. The Morgan fingerprint density at radius 1 is 1.52 bits per heavy atom. The third-order valence-electron chi connectivity index (χ3n) is 4.12. The summed E-state index contributed by atoms with van der Waals surface area (Å²) < 4.78 is 0. The van der Waals surface area contributed by atoms with Crippen LogP contribution in [-0.2, 0) is 9.59 Å². The molecule has 0 radical (unpaired) electrons. The van der Waals surface area contributed by atoms with Gasteiger partial charge in [-0.1, -0.05) is 13.0 Å². The Morgan fingerprint density at radius 3 is 2.83 bits per heavy atom. The molecule has 2 N–H and O–H groups in total. The van der Waals surface area contributed by atoms with Crippen LogP contribution in [0.15, 0.2) is 45.6 Å². The molecule has 1 amide bonds. The normalized spacial score (nSPS) is 21.9. The number of carbonyl (C=O) groups is 1. The summed E-state index contributed by atoms with van der Waals surface area (Å²) >= 11 is 0. The fourth-order valence-electron chi connectivity index (χ4n) is 2.96. The lowest BCUT2D eigenvalue weighted by Gasteiger charge is -2.29. The van der Waals surface area contributed by atoms with Crippen LogP contribution in [0, 0.1) is 5.92 Å². The summed E-state index contributed by atoms with van der Waals surface area (Å²) in [6, 6.07) is 0. The lowest BCUT2D eigenvalue weighted by Crippen LogP contribution is -2.36. The van der Waals surface area contributed by atoms with Crippen molar-refractivity contribution in [2.45, 2.75) is 33.6 Å². The van der Waals surface area contributed by atoms with Crippen LogP contribution in [0.25, 0.3) is 0 Å². The Labute approximate surface area is 135 Å². The number of nitrogens with zero attached hydrogens (tertiary/aromatic N) is 2. The van der Waals surface area contributed by atoms with Gasteiger partial charge in [0.25, 0.3) is 5.91 Å². The second-order valence-corrected chi connectivity index (χ2v) is 5.68. The minimum absolute atomic E-state index is 0.0479. The average Bonchev–Trinajstić information content (AvgIpc) is 2.90. The van der Waals surface area contributed by atoms with Crippen LogP contribution in [0.5, 0.6) is 0 Å². The summed E-state index contributed by atoms with van der Waals surface area (Å²) in [6.45, 7) is 5.44. The predicted octanol–water partition coefficient (Wildman–Crippen LogP) is 2.21. The number of likely N-dealkylation sites (N-methyl/N-ethyl adjacent to an activating group) is 1. The first-order valence-electron chi connectivity index (χ1n) is 7.55. The summed E-state index contributed by atoms with van der Waals surface area (Å²) in [5, 5.41) is 13.2. The molecule has 2 rings (SSSR count). The molecule has 6 heteroatoms. The molecule has 0 saturated heterocycles. The number of amides is 1. The molecular weight excluding hydrogens is 294 g/mol. The number of aliphatic imine (C=N–C) groups is 1. The second kappa shape index (κ2) is 6.67. The van der Waals surface area contributed by atoms with E-state index in [1.54, 1.807) is 37.1 Å². The molecular formula is C17H21N3O3. The van der Waals surface area contributed by atoms with Gasteiger partial charge in [-0.05, 0) is 32.6 Å². The molecule has 2 aliphatic rings. The molecule has 1 unspecified atom stereocenters. The van der Waals surface area contributed by atoms with Crippen LogP contribution in [0.1, 0.15) is 33.6 Å². The molecule has 0 aromatic rings. The van der Waals surface area contributed by atoms with E-state index in [1.807, 2.05) is 13.8 Å². The van der Waals surface area contributed by atoms with Crippen molar-refractivity contribution in [3.8, 4) is 0 Å². The van der Waals surface area contributed by atoms with Crippen LogP contribution in [0.4, 0.5) is 0 Å². The molecule has 0 bridgehead atoms. The first kappa shape index (κ1) is 16.8. The number of allylic oxidation sites excluding steroid dienone is 3. The van der Waals surface area contributed by atoms with E-state index in [2.05, 4.69) is 10.3 Å². The van der Waals surface area contributed by atoms with Crippen molar-refractivity contribution in [2.24, 2.45) is 10.9 Å². The highest BCUT2D eigenvalue weighted by Crippen LogP contribution is 2.43. The molecule has 1 aliphatic carbocycles. The van der Waals surface area contributed by atoms with Crippen molar-refractivity contribution in [1.82, 2.24) is 10.2 Å². The maximum absolute atomic E-state index is 12.5. The fraction of sp³-hybridized carbons (Fsp3) is 0.412. The average molecular weight is 315 g/mol. The number of carbonyl (C=O) groups excluding carboxylic acids is 2. The van der Waals surface area contributed by atoms with Gasteiger partial charge in [0.05, 0.1) is 0 Å². The third kappa shape index (κ3) is 2.98. The van der Waals surface area contributed by atoms with E-state index in [0.717, 1.165) is 24.1 Å². The van der Waals surface area contributed by atoms with Gasteiger partial charge in [-0.15, -0.1) is 0 Å². The number of amidine groups is 1. The molecule has 1 heterocycles. The Bertz CT molecular complexity index is 707. The molecule has 6 nitrogen and oxygen atoms in total. The minimum Gasteiger partial charge on any atom is -0.507 e. The number of aliphatic hydroxyl groups is 1. The first-order valence-corrected chi connectivity index (χ1v) is 7.55. The van der Waals surface area contributed by atoms with Gasteiger partial charge in [0.2, 0.25) is 0 Å². The summed E-state index contributed by atoms with van der Waals surface area (Å²) in [5.74, 6) is 1.61. The highest BCUT2D eigenvalue weighted by Gasteiger charge is 2.38. The number of aliphatic hydroxyl groups excluding tert-OH is 1. The predicted molar refractivity (Wildman–Crippen MR) is 88.1 cm³/mol. The maximum atomic E-state index is 12.5. The largest absolute Gasteiger partial charge is 0.507 e. The van der Waals surface area contributed by atoms with E-state index < -0.39 is 5.91 Å². The molecule has 0 aromatic heterocycles. The van der Waals surface area contributed by atoms with Gasteiger partial charge in [-0.3, -0.25) is 4.79 Å². The van der Waals surface area contributed by atoms with Crippen LogP contribution in [-0.4, -0.2) is 34.7 Å². The Kier molecular flexibility index (Phi) is 4.86. The van der Waals surface area contributed by atoms with Crippen molar-refractivity contribution < 1.29 is 14.7 Å². The maximum Gasteiger partial charge on any atom is 0.263 e. The highest BCUT2D eigenvalue weighted by molar-refractivity contribution is 6.10. The SMILES string of the molecule is C/C=C\N=C(C)NC(=O)C1=C(O)C2=C(CCC2C)N(C)C1=C=O. The van der Waals surface area contributed by atoms with E-state index in [9.17, 15) is 14.7 Å². The van der Waals surface area contributed by atoms with Crippen LogP contribution in [0.2, 0.25) is 0 Å². The van der Waals surface area contributed by atoms with E-state index >= 15 is 0 Å². The van der Waals surface area contributed by atoms with E-state index in [1.165, 1.54) is 0 Å². The summed E-state index contributed by atoms with van der Waals surface area (Å²) in [4.78, 5) is 29.5. The van der Waals surface area contributed by atoms with Crippen molar-refractivity contribution in [1.29, 1.82) is 0 Å². The number of rotatable bonds is 2. The standard InChI is InChI=1S/C17H21N3O3/c1-5-8-18-11(3)19-17(23)15-13(9-21)20(4)12-7-6-10(2)14(12)16(15)22/h5,8,10,22H,6-7H2,1-4H3,(H,18,19,23)/b8-5-. The summed E-state index contributed by atoms with van der Waals surface area (Å²) in [5.41, 5.74) is 1.61. The van der Waals surface area contributed by atoms with Gasteiger partial charge < -0.3 is 15.3 Å². The van der Waals surface area contributed by atoms with Gasteiger partial charge in [0.15, 0.2) is 5.94 Å². The van der Waals surface area contributed by atoms with Crippen molar-refractivity contribution in [3.63, 3.8) is 0 Å². The molecule has 0 saturated carbocycles. The van der Waals surface area contributed by atoms with E-state index in [4.69, 9.17) is 0 Å². The van der Waals surface area contributed by atoms with Crippen LogP contribution in [0.3, 0.4) is 0 Å². The van der Waals surface area contributed by atoms with Crippen LogP contribution >= 0.6 is 0 Å². The molecule has 23 heavy (non-hydrogen) atoms. The molecule has 1 atom stereocenters. The molecule has 0 spiro atoms. The topological polar surface area (TPSA) is 82.0 Å².